The van der Waals surface area contributed by atoms with E-state index in [2.05, 4.69) is 11.9 Å². The first-order valence-electron chi connectivity index (χ1n) is 13.0. The minimum atomic E-state index is -1.31. The molecule has 0 bridgehead atoms. The predicted octanol–water partition coefficient (Wildman–Crippen LogP) is 3.47. The molecule has 9 heteroatoms. The van der Waals surface area contributed by atoms with Gasteiger partial charge in [0.1, 0.15) is 18.0 Å². The van der Waals surface area contributed by atoms with Gasteiger partial charge >= 0.3 is 11.7 Å². The van der Waals surface area contributed by atoms with Crippen LogP contribution in [0, 0.1) is 0 Å². The van der Waals surface area contributed by atoms with E-state index in [1.807, 2.05) is 0 Å². The monoisotopic (exact) mass is 481 g/mol. The molecule has 1 aromatic heterocycles. The molecule has 0 unspecified atom stereocenters. The van der Waals surface area contributed by atoms with Crippen molar-refractivity contribution in [3.05, 3.63) is 22.7 Å². The number of hydrogen-bond acceptors (Lipinski definition) is 8. The van der Waals surface area contributed by atoms with Crippen LogP contribution in [0.15, 0.2) is 17.1 Å². The van der Waals surface area contributed by atoms with Gasteiger partial charge < -0.3 is 25.4 Å². The van der Waals surface area contributed by atoms with E-state index in [9.17, 15) is 19.8 Å². The normalized spacial score (nSPS) is 22.2. The van der Waals surface area contributed by atoms with Crippen LogP contribution in [0.4, 0.5) is 5.82 Å². The number of carbonyl (C=O) groups excluding carboxylic acids is 1. The molecule has 1 saturated heterocycles. The van der Waals surface area contributed by atoms with E-state index in [1.165, 1.54) is 76.5 Å². The van der Waals surface area contributed by atoms with Crippen molar-refractivity contribution in [1.29, 1.82) is 0 Å². The van der Waals surface area contributed by atoms with E-state index in [4.69, 9.17) is 15.2 Å². The Labute approximate surface area is 202 Å². The van der Waals surface area contributed by atoms with Crippen LogP contribution in [-0.2, 0) is 14.3 Å². The fourth-order valence-corrected chi connectivity index (χ4v) is 4.36. The number of aliphatic hydroxyl groups excluding tert-OH is 2. The van der Waals surface area contributed by atoms with Crippen LogP contribution in [0.5, 0.6) is 0 Å². The van der Waals surface area contributed by atoms with Crippen LogP contribution in [0.2, 0.25) is 0 Å². The number of nitrogens with two attached hydrogens (primary N) is 1. The van der Waals surface area contributed by atoms with Gasteiger partial charge in [0, 0.05) is 12.6 Å². The van der Waals surface area contributed by atoms with Crippen LogP contribution >= 0.6 is 0 Å². The molecule has 0 amide bonds. The Morgan fingerprint density at radius 2 is 1.62 bits per heavy atom. The van der Waals surface area contributed by atoms with Gasteiger partial charge in [0.25, 0.3) is 0 Å². The molecule has 34 heavy (non-hydrogen) atoms. The molecule has 194 valence electrons. The van der Waals surface area contributed by atoms with E-state index in [-0.39, 0.29) is 12.2 Å². The van der Waals surface area contributed by atoms with Gasteiger partial charge in [-0.1, -0.05) is 84.0 Å². The van der Waals surface area contributed by atoms with Crippen LogP contribution in [0.25, 0.3) is 0 Å². The average molecular weight is 482 g/mol. The number of nitrogens with zero attached hydrogens (tertiary/aromatic N) is 2. The molecule has 9 nitrogen and oxygen atoms in total. The molecule has 0 spiro atoms. The minimum absolute atomic E-state index is 0.0493. The number of carbonyl (C=O) groups is 1. The lowest BCUT2D eigenvalue weighted by Crippen LogP contribution is -2.39. The molecule has 0 aromatic carbocycles. The largest absolute Gasteiger partial charge is 0.457 e. The number of aliphatic hydroxyl groups is 2. The molecule has 1 fully saturated rings. The van der Waals surface area contributed by atoms with Crippen molar-refractivity contribution >= 4 is 11.8 Å². The third-order valence-electron chi connectivity index (χ3n) is 6.37. The summed E-state index contributed by atoms with van der Waals surface area (Å²) in [6.07, 6.45) is 13.0. The fourth-order valence-electron chi connectivity index (χ4n) is 4.36. The van der Waals surface area contributed by atoms with Crippen molar-refractivity contribution in [2.24, 2.45) is 0 Å². The molecular weight excluding hydrogens is 438 g/mol. The predicted molar refractivity (Wildman–Crippen MR) is 130 cm³/mol. The van der Waals surface area contributed by atoms with Gasteiger partial charge in [0.2, 0.25) is 0 Å². The Hall–Kier alpha value is -1.97. The third-order valence-corrected chi connectivity index (χ3v) is 6.37. The van der Waals surface area contributed by atoms with E-state index < -0.39 is 42.8 Å². The standard InChI is InChI=1S/C25H43N3O6/c1-2-3-4-5-6-7-8-9-10-11-12-13-14-15-21(30)34-23-19(18-29)33-24(22(23)31)28-17-16-20(26)27-25(28)32/h16-17,19,22-24,29,31H,2-15,18H2,1H3,(H2,26,27,32)/t19-,22-,23-,24-/m1/s1. The maximum Gasteiger partial charge on any atom is 0.351 e. The number of aromatic nitrogens is 2. The van der Waals surface area contributed by atoms with Gasteiger partial charge in [0.15, 0.2) is 12.3 Å². The summed E-state index contributed by atoms with van der Waals surface area (Å²) in [4.78, 5) is 28.0. The molecule has 0 radical (unpaired) electrons. The van der Waals surface area contributed by atoms with Crippen LogP contribution < -0.4 is 11.4 Å². The van der Waals surface area contributed by atoms with Crippen molar-refractivity contribution in [3.8, 4) is 0 Å². The van der Waals surface area contributed by atoms with Crippen LogP contribution in [0.3, 0.4) is 0 Å². The van der Waals surface area contributed by atoms with Crippen LogP contribution in [0.1, 0.15) is 103 Å². The lowest BCUT2D eigenvalue weighted by molar-refractivity contribution is -0.156. The molecule has 1 aliphatic rings. The Bertz CT molecular complexity index is 771. The van der Waals surface area contributed by atoms with Crippen molar-refractivity contribution < 1.29 is 24.5 Å². The summed E-state index contributed by atoms with van der Waals surface area (Å²) in [5.74, 6) is -0.397. The molecule has 2 heterocycles. The Morgan fingerprint density at radius 3 is 2.15 bits per heavy atom. The number of ether oxygens (including phenoxy) is 2. The summed E-state index contributed by atoms with van der Waals surface area (Å²) in [6, 6.07) is 1.40. The summed E-state index contributed by atoms with van der Waals surface area (Å²) in [6.45, 7) is 1.78. The number of unbranched alkanes of at least 4 members (excludes halogenated alkanes) is 12. The highest BCUT2D eigenvalue weighted by atomic mass is 16.6. The summed E-state index contributed by atoms with van der Waals surface area (Å²) < 4.78 is 12.1. The SMILES string of the molecule is CCCCCCCCCCCCCCCC(=O)O[C@H]1[C@@H](O)[C@H](n2ccc(N)nc2=O)O[C@@H]1CO. The number of anilines is 1. The molecule has 0 saturated carbocycles. The second-order valence-electron chi connectivity index (χ2n) is 9.23. The second-order valence-corrected chi connectivity index (χ2v) is 9.23. The number of hydrogen-bond donors (Lipinski definition) is 3. The summed E-state index contributed by atoms with van der Waals surface area (Å²) >= 11 is 0. The van der Waals surface area contributed by atoms with Crippen molar-refractivity contribution in [3.63, 3.8) is 0 Å². The lowest BCUT2D eigenvalue weighted by Gasteiger charge is -2.20. The highest BCUT2D eigenvalue weighted by Gasteiger charge is 2.47. The van der Waals surface area contributed by atoms with Gasteiger partial charge in [-0.05, 0) is 12.5 Å². The van der Waals surface area contributed by atoms with Gasteiger partial charge in [-0.3, -0.25) is 9.36 Å². The van der Waals surface area contributed by atoms with E-state index >= 15 is 0 Å². The molecular formula is C25H43N3O6. The first-order valence-corrected chi connectivity index (χ1v) is 13.0. The Kier molecular flexibility index (Phi) is 13.2. The molecule has 2 rings (SSSR count). The zero-order chi connectivity index (χ0) is 24.8. The maximum atomic E-state index is 12.3. The van der Waals surface area contributed by atoms with Crippen molar-refractivity contribution in [2.75, 3.05) is 12.3 Å². The number of nitrogen functional groups attached to an aromatic ring is 1. The Morgan fingerprint density at radius 1 is 1.06 bits per heavy atom. The molecule has 1 aromatic rings. The van der Waals surface area contributed by atoms with Crippen molar-refractivity contribution in [2.45, 2.75) is 121 Å². The van der Waals surface area contributed by atoms with Gasteiger partial charge in [0.05, 0.1) is 6.61 Å². The maximum absolute atomic E-state index is 12.3. The van der Waals surface area contributed by atoms with Crippen molar-refractivity contribution in [1.82, 2.24) is 9.55 Å². The quantitative estimate of drug-likeness (QED) is 0.227. The summed E-state index contributed by atoms with van der Waals surface area (Å²) in [5, 5.41) is 20.2. The molecule has 1 aliphatic heterocycles. The highest BCUT2D eigenvalue weighted by Crippen LogP contribution is 2.30. The zero-order valence-corrected chi connectivity index (χ0v) is 20.6. The smallest absolute Gasteiger partial charge is 0.351 e. The summed E-state index contributed by atoms with van der Waals surface area (Å²) in [5.41, 5.74) is 4.80. The van der Waals surface area contributed by atoms with E-state index in [0.29, 0.717) is 6.42 Å². The van der Waals surface area contributed by atoms with Gasteiger partial charge in [-0.15, -0.1) is 0 Å². The first-order chi connectivity index (χ1) is 16.5. The first kappa shape index (κ1) is 28.3. The van der Waals surface area contributed by atoms with Gasteiger partial charge in [-0.2, -0.15) is 4.98 Å². The highest BCUT2D eigenvalue weighted by molar-refractivity contribution is 5.69. The Balaban J connectivity index is 1.61. The molecule has 0 aliphatic carbocycles. The molecule has 4 N–H and O–H groups in total. The fraction of sp³-hybridized carbons (Fsp3) is 0.800. The zero-order valence-electron chi connectivity index (χ0n) is 20.6. The average Bonchev–Trinajstić information content (AvgIpc) is 3.12. The third kappa shape index (κ3) is 9.35. The van der Waals surface area contributed by atoms with Crippen LogP contribution in [-0.4, -0.2) is 50.7 Å². The number of esters is 1. The second kappa shape index (κ2) is 15.8. The lowest BCUT2D eigenvalue weighted by atomic mass is 10.0. The van der Waals surface area contributed by atoms with E-state index in [0.717, 1.165) is 17.4 Å². The van der Waals surface area contributed by atoms with Gasteiger partial charge in [-0.25, -0.2) is 4.79 Å². The van der Waals surface area contributed by atoms with E-state index in [1.54, 1.807) is 0 Å². The molecule has 4 atom stereocenters. The minimum Gasteiger partial charge on any atom is -0.457 e. The summed E-state index contributed by atoms with van der Waals surface area (Å²) in [7, 11) is 0. The topological polar surface area (TPSA) is 137 Å². The number of rotatable bonds is 17.